The van der Waals surface area contributed by atoms with Crippen molar-refractivity contribution in [2.75, 3.05) is 0 Å². The van der Waals surface area contributed by atoms with Crippen molar-refractivity contribution in [3.8, 4) is 0 Å². The number of rotatable bonds is 4. The van der Waals surface area contributed by atoms with Crippen LogP contribution in [0.25, 0.3) is 11.0 Å². The van der Waals surface area contributed by atoms with E-state index in [0.717, 1.165) is 10.9 Å². The summed E-state index contributed by atoms with van der Waals surface area (Å²) in [6.45, 7) is 0. The molecule has 0 saturated heterocycles. The molecule has 1 N–H and O–H groups in total. The quantitative estimate of drug-likeness (QED) is 0.760. The van der Waals surface area contributed by atoms with E-state index >= 15 is 0 Å². The Balaban J connectivity index is 2.07. The van der Waals surface area contributed by atoms with Gasteiger partial charge in [-0.25, -0.2) is 0 Å². The molecule has 3 aromatic rings. The van der Waals surface area contributed by atoms with Gasteiger partial charge in [0.05, 0.1) is 12.3 Å². The minimum atomic E-state index is -0.859. The first-order valence-electron chi connectivity index (χ1n) is 6.59. The van der Waals surface area contributed by atoms with Gasteiger partial charge in [-0.2, -0.15) is 0 Å². The average molecular weight is 301 g/mol. The van der Waals surface area contributed by atoms with Crippen LogP contribution in [0.3, 0.4) is 0 Å². The van der Waals surface area contributed by atoms with Crippen molar-refractivity contribution < 1.29 is 14.3 Å². The number of carbonyl (C=O) groups is 1. The number of benzene rings is 2. The van der Waals surface area contributed by atoms with E-state index in [-0.39, 0.29) is 12.3 Å². The highest BCUT2D eigenvalue weighted by Crippen LogP contribution is 2.33. The van der Waals surface area contributed by atoms with Crippen LogP contribution in [-0.2, 0) is 4.79 Å². The number of fused-ring (bicyclic) bond motifs is 1. The fourth-order valence-corrected chi connectivity index (χ4v) is 2.63. The van der Waals surface area contributed by atoms with Gasteiger partial charge >= 0.3 is 5.97 Å². The maximum absolute atomic E-state index is 11.2. The van der Waals surface area contributed by atoms with E-state index < -0.39 is 5.97 Å². The highest BCUT2D eigenvalue weighted by Gasteiger charge is 2.21. The van der Waals surface area contributed by atoms with Crippen molar-refractivity contribution in [2.24, 2.45) is 0 Å². The lowest BCUT2D eigenvalue weighted by molar-refractivity contribution is -0.137. The summed E-state index contributed by atoms with van der Waals surface area (Å²) in [6.07, 6.45) is -0.0163. The summed E-state index contributed by atoms with van der Waals surface area (Å²) in [7, 11) is 0. The first-order chi connectivity index (χ1) is 10.1. The van der Waals surface area contributed by atoms with Gasteiger partial charge in [0.25, 0.3) is 0 Å². The summed E-state index contributed by atoms with van der Waals surface area (Å²) in [5, 5.41) is 10.7. The van der Waals surface area contributed by atoms with Gasteiger partial charge in [-0.3, -0.25) is 4.79 Å². The van der Waals surface area contributed by atoms with Gasteiger partial charge in [-0.15, -0.1) is 0 Å². The third kappa shape index (κ3) is 2.93. The van der Waals surface area contributed by atoms with Gasteiger partial charge in [-0.1, -0.05) is 41.9 Å². The third-order valence-electron chi connectivity index (χ3n) is 3.42. The Morgan fingerprint density at radius 3 is 2.62 bits per heavy atom. The van der Waals surface area contributed by atoms with Crippen molar-refractivity contribution in [1.29, 1.82) is 0 Å². The van der Waals surface area contributed by atoms with Crippen molar-refractivity contribution >= 4 is 28.5 Å². The lowest BCUT2D eigenvalue weighted by Gasteiger charge is -2.12. The summed E-state index contributed by atoms with van der Waals surface area (Å²) in [4.78, 5) is 11.2. The molecule has 3 rings (SSSR count). The molecule has 1 heterocycles. The molecular weight excluding hydrogens is 288 g/mol. The summed E-state index contributed by atoms with van der Waals surface area (Å²) >= 11 is 5.97. The summed E-state index contributed by atoms with van der Waals surface area (Å²) in [6, 6.07) is 16.7. The number of carboxylic acids is 1. The SMILES string of the molecule is O=C(O)CC(c1ccccc1)c1cc2cc(Cl)ccc2o1. The number of hydrogen-bond donors (Lipinski definition) is 1. The van der Waals surface area contributed by atoms with Gasteiger partial charge in [0.1, 0.15) is 11.3 Å². The van der Waals surface area contributed by atoms with E-state index in [1.807, 2.05) is 42.5 Å². The average Bonchev–Trinajstić information content (AvgIpc) is 2.88. The largest absolute Gasteiger partial charge is 0.481 e. The number of carboxylic acid groups (broad SMARTS) is 1. The molecule has 0 aliphatic carbocycles. The van der Waals surface area contributed by atoms with Gasteiger partial charge in [0.2, 0.25) is 0 Å². The predicted molar refractivity (Wildman–Crippen MR) is 81.8 cm³/mol. The van der Waals surface area contributed by atoms with E-state index in [4.69, 9.17) is 21.1 Å². The Kier molecular flexibility index (Phi) is 3.67. The Hall–Kier alpha value is -2.26. The Morgan fingerprint density at radius 1 is 1.14 bits per heavy atom. The standard InChI is InChI=1S/C17H13ClO3/c18-13-6-7-15-12(8-13)9-16(21-15)14(10-17(19)20)11-4-2-1-3-5-11/h1-9,14H,10H2,(H,19,20). The molecule has 0 fully saturated rings. The molecule has 0 radical (unpaired) electrons. The fourth-order valence-electron chi connectivity index (χ4n) is 2.45. The Labute approximate surface area is 126 Å². The molecule has 0 bridgehead atoms. The highest BCUT2D eigenvalue weighted by atomic mass is 35.5. The molecule has 21 heavy (non-hydrogen) atoms. The van der Waals surface area contributed by atoms with Gasteiger partial charge in [0, 0.05) is 10.4 Å². The Bertz CT molecular complexity index is 777. The lowest BCUT2D eigenvalue weighted by Crippen LogP contribution is -2.07. The smallest absolute Gasteiger partial charge is 0.304 e. The molecule has 2 aromatic carbocycles. The minimum absolute atomic E-state index is 0.0163. The molecule has 0 spiro atoms. The first-order valence-corrected chi connectivity index (χ1v) is 6.97. The maximum atomic E-state index is 11.2. The molecule has 0 amide bonds. The topological polar surface area (TPSA) is 50.4 Å². The zero-order chi connectivity index (χ0) is 14.8. The molecular formula is C17H13ClO3. The van der Waals surface area contributed by atoms with E-state index in [9.17, 15) is 4.79 Å². The second-order valence-corrected chi connectivity index (χ2v) is 5.33. The zero-order valence-corrected chi connectivity index (χ0v) is 11.9. The van der Waals surface area contributed by atoms with E-state index in [2.05, 4.69) is 0 Å². The second kappa shape index (κ2) is 5.62. The van der Waals surface area contributed by atoms with Crippen LogP contribution in [0.5, 0.6) is 0 Å². The molecule has 1 atom stereocenters. The molecule has 0 aliphatic heterocycles. The molecule has 106 valence electrons. The van der Waals surface area contributed by atoms with Crippen LogP contribution in [0.15, 0.2) is 59.0 Å². The third-order valence-corrected chi connectivity index (χ3v) is 3.66. The minimum Gasteiger partial charge on any atom is -0.481 e. The number of furan rings is 1. The number of hydrogen-bond acceptors (Lipinski definition) is 2. The maximum Gasteiger partial charge on any atom is 0.304 e. The molecule has 0 saturated carbocycles. The fraction of sp³-hybridized carbons (Fsp3) is 0.118. The van der Waals surface area contributed by atoms with Crippen molar-refractivity contribution in [2.45, 2.75) is 12.3 Å². The van der Waals surface area contributed by atoms with Crippen LogP contribution in [-0.4, -0.2) is 11.1 Å². The van der Waals surface area contributed by atoms with E-state index in [0.29, 0.717) is 16.4 Å². The van der Waals surface area contributed by atoms with Crippen LogP contribution in [0.2, 0.25) is 5.02 Å². The summed E-state index contributed by atoms with van der Waals surface area (Å²) in [5.41, 5.74) is 1.63. The molecule has 4 heteroatoms. The van der Waals surface area contributed by atoms with E-state index in [1.54, 1.807) is 12.1 Å². The van der Waals surface area contributed by atoms with Crippen molar-refractivity contribution in [3.05, 3.63) is 70.9 Å². The normalized spacial score (nSPS) is 12.4. The van der Waals surface area contributed by atoms with Gasteiger partial charge in [0.15, 0.2) is 0 Å². The van der Waals surface area contributed by atoms with Gasteiger partial charge in [-0.05, 0) is 29.8 Å². The molecule has 1 unspecified atom stereocenters. The molecule has 3 nitrogen and oxygen atoms in total. The predicted octanol–water partition coefficient (Wildman–Crippen LogP) is 4.69. The van der Waals surface area contributed by atoms with Gasteiger partial charge < -0.3 is 9.52 Å². The number of halogens is 1. The monoisotopic (exact) mass is 300 g/mol. The summed E-state index contributed by atoms with van der Waals surface area (Å²) in [5.74, 6) is -0.530. The number of aliphatic carboxylic acids is 1. The first kappa shape index (κ1) is 13.7. The van der Waals surface area contributed by atoms with Crippen LogP contribution < -0.4 is 0 Å². The summed E-state index contributed by atoms with van der Waals surface area (Å²) < 4.78 is 5.82. The van der Waals surface area contributed by atoms with Crippen LogP contribution in [0.4, 0.5) is 0 Å². The van der Waals surface area contributed by atoms with Crippen LogP contribution in [0, 0.1) is 0 Å². The van der Waals surface area contributed by atoms with Crippen LogP contribution >= 0.6 is 11.6 Å². The van der Waals surface area contributed by atoms with E-state index in [1.165, 1.54) is 0 Å². The zero-order valence-electron chi connectivity index (χ0n) is 11.1. The highest BCUT2D eigenvalue weighted by molar-refractivity contribution is 6.31. The molecule has 0 aliphatic rings. The van der Waals surface area contributed by atoms with Crippen molar-refractivity contribution in [3.63, 3.8) is 0 Å². The van der Waals surface area contributed by atoms with Crippen molar-refractivity contribution in [1.82, 2.24) is 0 Å². The molecule has 1 aromatic heterocycles. The Morgan fingerprint density at radius 2 is 1.90 bits per heavy atom. The lowest BCUT2D eigenvalue weighted by atomic mass is 9.93. The second-order valence-electron chi connectivity index (χ2n) is 4.89. The van der Waals surface area contributed by atoms with Crippen LogP contribution in [0.1, 0.15) is 23.7 Å².